The normalized spacial score (nSPS) is 43.8. The second-order valence-corrected chi connectivity index (χ2v) is 5.77. The van der Waals surface area contributed by atoms with Crippen LogP contribution in [-0.4, -0.2) is 34.1 Å². The molecule has 1 N–H and O–H groups in total. The third-order valence-electron chi connectivity index (χ3n) is 5.00. The summed E-state index contributed by atoms with van der Waals surface area (Å²) in [7, 11) is 0. The van der Waals surface area contributed by atoms with Crippen molar-refractivity contribution in [1.82, 2.24) is 4.90 Å². The highest BCUT2D eigenvalue weighted by Gasteiger charge is 2.52. The maximum Gasteiger partial charge on any atom is 0.223 e. The van der Waals surface area contributed by atoms with E-state index in [1.165, 1.54) is 12.8 Å². The number of hydrogen-bond donors (Lipinski definition) is 1. The smallest absolute Gasteiger partial charge is 0.223 e. The Morgan fingerprint density at radius 3 is 3.00 bits per heavy atom. The average Bonchev–Trinajstić information content (AvgIpc) is 2.63. The Kier molecular flexibility index (Phi) is 2.46. The standard InChI is InChI=1S/C13H21NO2/c15-11-5-7-13-6-2-8-14(13)12(16)4-1-3-10(13)9-11/h10-11,15H,1-9H2/t10-,11-,13+/m1/s1. The van der Waals surface area contributed by atoms with E-state index in [-0.39, 0.29) is 11.6 Å². The number of aliphatic hydroxyl groups is 1. The second-order valence-electron chi connectivity index (χ2n) is 5.77. The minimum absolute atomic E-state index is 0.119. The van der Waals surface area contributed by atoms with Gasteiger partial charge in [-0.1, -0.05) is 0 Å². The third-order valence-corrected chi connectivity index (χ3v) is 5.00. The van der Waals surface area contributed by atoms with Crippen molar-refractivity contribution in [1.29, 1.82) is 0 Å². The minimum Gasteiger partial charge on any atom is -0.393 e. The summed E-state index contributed by atoms with van der Waals surface area (Å²) >= 11 is 0. The molecule has 3 aliphatic rings. The van der Waals surface area contributed by atoms with E-state index >= 15 is 0 Å². The number of rotatable bonds is 0. The number of amides is 1. The molecule has 1 saturated carbocycles. The van der Waals surface area contributed by atoms with Crippen molar-refractivity contribution in [3.05, 3.63) is 0 Å². The van der Waals surface area contributed by atoms with Crippen LogP contribution in [0.1, 0.15) is 51.4 Å². The molecule has 3 rings (SSSR count). The van der Waals surface area contributed by atoms with Crippen molar-refractivity contribution in [2.75, 3.05) is 6.54 Å². The van der Waals surface area contributed by atoms with Crippen molar-refractivity contribution in [3.8, 4) is 0 Å². The number of aliphatic hydroxyl groups excluding tert-OH is 1. The van der Waals surface area contributed by atoms with Gasteiger partial charge in [-0.05, 0) is 50.9 Å². The fourth-order valence-electron chi connectivity index (χ4n) is 4.27. The first kappa shape index (κ1) is 10.6. The van der Waals surface area contributed by atoms with E-state index in [9.17, 15) is 9.90 Å². The molecule has 0 bridgehead atoms. The van der Waals surface area contributed by atoms with E-state index in [0.717, 1.165) is 45.1 Å². The van der Waals surface area contributed by atoms with Crippen LogP contribution in [-0.2, 0) is 4.79 Å². The molecule has 3 atom stereocenters. The lowest BCUT2D eigenvalue weighted by molar-refractivity contribution is -0.138. The first-order chi connectivity index (χ1) is 7.72. The van der Waals surface area contributed by atoms with Crippen LogP contribution in [0.2, 0.25) is 0 Å². The van der Waals surface area contributed by atoms with Gasteiger partial charge in [0.15, 0.2) is 0 Å². The number of nitrogens with zero attached hydrogens (tertiary/aromatic N) is 1. The number of carbonyl (C=O) groups is 1. The summed E-state index contributed by atoms with van der Waals surface area (Å²) in [5.41, 5.74) is 0.146. The molecule has 2 heterocycles. The molecule has 2 saturated heterocycles. The lowest BCUT2D eigenvalue weighted by atomic mass is 9.69. The van der Waals surface area contributed by atoms with E-state index in [1.807, 2.05) is 0 Å². The molecule has 3 heteroatoms. The molecule has 3 nitrogen and oxygen atoms in total. The van der Waals surface area contributed by atoms with Gasteiger partial charge in [0.1, 0.15) is 0 Å². The van der Waals surface area contributed by atoms with Crippen molar-refractivity contribution < 1.29 is 9.90 Å². The fraction of sp³-hybridized carbons (Fsp3) is 0.923. The maximum atomic E-state index is 12.1. The van der Waals surface area contributed by atoms with E-state index in [1.54, 1.807) is 0 Å². The van der Waals surface area contributed by atoms with Gasteiger partial charge in [0.25, 0.3) is 0 Å². The molecule has 0 aromatic rings. The lowest BCUT2D eigenvalue weighted by Gasteiger charge is -2.47. The molecule has 90 valence electrons. The molecule has 16 heavy (non-hydrogen) atoms. The van der Waals surface area contributed by atoms with E-state index in [2.05, 4.69) is 4.90 Å². The predicted octanol–water partition coefficient (Wildman–Crippen LogP) is 1.69. The zero-order valence-corrected chi connectivity index (χ0v) is 9.82. The predicted molar refractivity (Wildman–Crippen MR) is 60.9 cm³/mol. The Balaban J connectivity index is 1.93. The number of hydrogen-bond acceptors (Lipinski definition) is 2. The van der Waals surface area contributed by atoms with Crippen LogP contribution in [0.25, 0.3) is 0 Å². The molecule has 0 aromatic heterocycles. The highest BCUT2D eigenvalue weighted by atomic mass is 16.3. The Bertz CT molecular complexity index is 304. The Labute approximate surface area is 96.8 Å². The Morgan fingerprint density at radius 1 is 1.25 bits per heavy atom. The van der Waals surface area contributed by atoms with Crippen LogP contribution in [0.4, 0.5) is 0 Å². The van der Waals surface area contributed by atoms with Gasteiger partial charge in [-0.2, -0.15) is 0 Å². The van der Waals surface area contributed by atoms with Crippen LogP contribution in [0.5, 0.6) is 0 Å². The minimum atomic E-state index is -0.119. The largest absolute Gasteiger partial charge is 0.393 e. The van der Waals surface area contributed by atoms with Crippen molar-refractivity contribution in [3.63, 3.8) is 0 Å². The Hall–Kier alpha value is -0.570. The summed E-state index contributed by atoms with van der Waals surface area (Å²) in [6.07, 6.45) is 7.96. The van der Waals surface area contributed by atoms with Gasteiger partial charge in [0.2, 0.25) is 5.91 Å². The van der Waals surface area contributed by atoms with Crippen molar-refractivity contribution in [2.24, 2.45) is 5.92 Å². The van der Waals surface area contributed by atoms with Crippen LogP contribution >= 0.6 is 0 Å². The van der Waals surface area contributed by atoms with Gasteiger partial charge in [0.05, 0.1) is 6.10 Å². The van der Waals surface area contributed by atoms with Crippen molar-refractivity contribution in [2.45, 2.75) is 63.0 Å². The van der Waals surface area contributed by atoms with Crippen molar-refractivity contribution >= 4 is 5.91 Å². The van der Waals surface area contributed by atoms with E-state index < -0.39 is 0 Å². The number of carbonyl (C=O) groups excluding carboxylic acids is 1. The molecule has 0 unspecified atom stereocenters. The van der Waals surface area contributed by atoms with Crippen LogP contribution in [0.15, 0.2) is 0 Å². The summed E-state index contributed by atoms with van der Waals surface area (Å²) in [6, 6.07) is 0. The summed E-state index contributed by atoms with van der Waals surface area (Å²) < 4.78 is 0. The molecular weight excluding hydrogens is 202 g/mol. The van der Waals surface area contributed by atoms with Crippen LogP contribution in [0, 0.1) is 5.92 Å². The molecule has 0 radical (unpaired) electrons. The SMILES string of the molecule is O=C1CCC[C@@H]2C[C@H](O)CC[C@@]23CCCN13. The summed E-state index contributed by atoms with van der Waals surface area (Å²) in [5.74, 6) is 0.932. The third kappa shape index (κ3) is 1.41. The van der Waals surface area contributed by atoms with Gasteiger partial charge >= 0.3 is 0 Å². The topological polar surface area (TPSA) is 40.5 Å². The molecule has 1 spiro atoms. The van der Waals surface area contributed by atoms with E-state index in [0.29, 0.717) is 11.8 Å². The zero-order valence-electron chi connectivity index (χ0n) is 9.82. The first-order valence-corrected chi connectivity index (χ1v) is 6.71. The highest BCUT2D eigenvalue weighted by molar-refractivity contribution is 5.77. The summed E-state index contributed by atoms with van der Waals surface area (Å²) in [5, 5.41) is 9.82. The van der Waals surface area contributed by atoms with Gasteiger partial charge < -0.3 is 10.0 Å². The fourth-order valence-corrected chi connectivity index (χ4v) is 4.27. The lowest BCUT2D eigenvalue weighted by Crippen LogP contribution is -2.54. The summed E-state index contributed by atoms with van der Waals surface area (Å²) in [6.45, 7) is 0.964. The quantitative estimate of drug-likeness (QED) is 0.679. The summed E-state index contributed by atoms with van der Waals surface area (Å²) in [4.78, 5) is 14.3. The molecule has 1 amide bonds. The van der Waals surface area contributed by atoms with Gasteiger partial charge in [-0.3, -0.25) is 4.79 Å². The average molecular weight is 223 g/mol. The van der Waals surface area contributed by atoms with Crippen LogP contribution in [0.3, 0.4) is 0 Å². The van der Waals surface area contributed by atoms with Crippen LogP contribution < -0.4 is 0 Å². The highest BCUT2D eigenvalue weighted by Crippen LogP contribution is 2.49. The van der Waals surface area contributed by atoms with E-state index in [4.69, 9.17) is 0 Å². The van der Waals surface area contributed by atoms with Gasteiger partial charge in [-0.25, -0.2) is 0 Å². The second kappa shape index (κ2) is 3.73. The van der Waals surface area contributed by atoms with Gasteiger partial charge in [0, 0.05) is 18.5 Å². The monoisotopic (exact) mass is 223 g/mol. The Morgan fingerprint density at radius 2 is 2.12 bits per heavy atom. The van der Waals surface area contributed by atoms with Gasteiger partial charge in [-0.15, -0.1) is 0 Å². The maximum absolute atomic E-state index is 12.1. The zero-order chi connectivity index (χ0) is 11.2. The molecule has 2 aliphatic heterocycles. The first-order valence-electron chi connectivity index (χ1n) is 6.71. The molecule has 1 aliphatic carbocycles. The molecule has 3 fully saturated rings. The molecular formula is C13H21NO2. The molecule has 0 aromatic carbocycles.